The van der Waals surface area contributed by atoms with Crippen LogP contribution in [0.5, 0.6) is 0 Å². The van der Waals surface area contributed by atoms with E-state index in [0.717, 1.165) is 6.07 Å². The first-order chi connectivity index (χ1) is 20.4. The Bertz CT molecular complexity index is 2060. The molecule has 0 saturated heterocycles. The number of anilines is 2. The molecule has 0 spiro atoms. The van der Waals surface area contributed by atoms with E-state index in [1.165, 1.54) is 65.3 Å². The number of nitrogens with two attached hydrogens (primary N) is 1. The zero-order chi connectivity index (χ0) is 32.9. The summed E-state index contributed by atoms with van der Waals surface area (Å²) in [6.07, 6.45) is 0. The number of H-pyrrole nitrogens is 1. The Balaban J connectivity index is 0.000000266. The summed E-state index contributed by atoms with van der Waals surface area (Å²) in [5.74, 6) is -1.03. The predicted octanol–water partition coefficient (Wildman–Crippen LogP) is 2.64. The number of hydrogen-bond acceptors (Lipinski definition) is 9. The van der Waals surface area contributed by atoms with E-state index in [4.69, 9.17) is 26.4 Å². The normalized spacial score (nSPS) is 11.8. The van der Waals surface area contributed by atoms with Crippen molar-refractivity contribution in [2.45, 2.75) is 22.5 Å². The molecular formula is C26H27ClN4O10S3. The van der Waals surface area contributed by atoms with E-state index in [1.54, 1.807) is 13.0 Å². The number of rotatable bonds is 9. The summed E-state index contributed by atoms with van der Waals surface area (Å²) < 4.78 is 87.2. The van der Waals surface area contributed by atoms with E-state index in [0.29, 0.717) is 16.9 Å². The number of alkyl halides is 1. The summed E-state index contributed by atoms with van der Waals surface area (Å²) >= 11 is 5.47. The largest absolute Gasteiger partial charge is 0.398 e. The Kier molecular flexibility index (Phi) is 10.8. The van der Waals surface area contributed by atoms with Gasteiger partial charge in [0.1, 0.15) is 4.90 Å². The van der Waals surface area contributed by atoms with Crippen molar-refractivity contribution in [1.82, 2.24) is 9.78 Å². The van der Waals surface area contributed by atoms with Crippen LogP contribution in [0.1, 0.15) is 21.6 Å². The van der Waals surface area contributed by atoms with Crippen LogP contribution in [0.15, 0.2) is 87.4 Å². The van der Waals surface area contributed by atoms with Crippen molar-refractivity contribution in [3.63, 3.8) is 0 Å². The van der Waals surface area contributed by atoms with Gasteiger partial charge in [-0.05, 0) is 67.1 Å². The highest BCUT2D eigenvalue weighted by Gasteiger charge is 2.17. The van der Waals surface area contributed by atoms with Crippen molar-refractivity contribution in [3.05, 3.63) is 100.0 Å². The van der Waals surface area contributed by atoms with Crippen molar-refractivity contribution < 1.29 is 39.2 Å². The Morgan fingerprint density at radius 3 is 2.14 bits per heavy atom. The second-order valence-corrected chi connectivity index (χ2v) is 14.6. The SMILES string of the molecule is Cc1cc(=O)n(-c2ccc(S(=O)(=O)O)cc2)[nH]1.Nc1ccc(NC(=O)c2cccc(CS(=O)(=O)CCCl)c2)cc1S(=O)(=O)O. The van der Waals surface area contributed by atoms with Gasteiger partial charge in [-0.15, -0.1) is 11.6 Å². The fraction of sp³-hybridized carbons (Fsp3) is 0.154. The maximum atomic E-state index is 12.4. The zero-order valence-electron chi connectivity index (χ0n) is 22.8. The van der Waals surface area contributed by atoms with Gasteiger partial charge in [0.2, 0.25) is 0 Å². The third-order valence-electron chi connectivity index (χ3n) is 5.75. The highest BCUT2D eigenvalue weighted by atomic mass is 35.5. The van der Waals surface area contributed by atoms with Crippen LogP contribution in [0.2, 0.25) is 0 Å². The molecule has 0 aliphatic carbocycles. The molecule has 1 amide bonds. The van der Waals surface area contributed by atoms with Gasteiger partial charge in [-0.1, -0.05) is 12.1 Å². The molecule has 1 heterocycles. The second kappa shape index (κ2) is 13.7. The molecule has 4 aromatic rings. The first-order valence-electron chi connectivity index (χ1n) is 12.3. The zero-order valence-corrected chi connectivity index (χ0v) is 26.0. The summed E-state index contributed by atoms with van der Waals surface area (Å²) in [6.45, 7) is 1.74. The fourth-order valence-corrected chi connectivity index (χ4v) is 6.65. The third-order valence-corrected chi connectivity index (χ3v) is 9.54. The molecular weight excluding hydrogens is 660 g/mol. The lowest BCUT2D eigenvalue weighted by molar-refractivity contribution is 0.102. The third kappa shape index (κ3) is 9.50. The lowest BCUT2D eigenvalue weighted by Gasteiger charge is -2.09. The summed E-state index contributed by atoms with van der Waals surface area (Å²) in [4.78, 5) is 23.1. The van der Waals surface area contributed by atoms with Gasteiger partial charge in [-0.3, -0.25) is 23.8 Å². The average molecular weight is 687 g/mol. The average Bonchev–Trinajstić information content (AvgIpc) is 3.26. The molecule has 3 aromatic carbocycles. The summed E-state index contributed by atoms with van der Waals surface area (Å²) in [7, 11) is -12.1. The molecule has 4 rings (SSSR count). The van der Waals surface area contributed by atoms with Crippen molar-refractivity contribution in [2.75, 3.05) is 22.7 Å². The van der Waals surface area contributed by atoms with Gasteiger partial charge in [0.25, 0.3) is 31.7 Å². The van der Waals surface area contributed by atoms with Crippen LogP contribution in [0, 0.1) is 6.92 Å². The molecule has 0 atom stereocenters. The summed E-state index contributed by atoms with van der Waals surface area (Å²) in [5.41, 5.74) is 7.00. The van der Waals surface area contributed by atoms with Crippen LogP contribution in [0.3, 0.4) is 0 Å². The Labute approximate surface area is 257 Å². The maximum absolute atomic E-state index is 12.4. The Hall–Kier alpha value is -4.00. The fourth-order valence-electron chi connectivity index (χ4n) is 3.76. The van der Waals surface area contributed by atoms with Crippen LogP contribution in [-0.2, 0) is 35.8 Å². The van der Waals surface area contributed by atoms with Crippen molar-refractivity contribution in [3.8, 4) is 5.69 Å². The van der Waals surface area contributed by atoms with Crippen LogP contribution in [0.25, 0.3) is 5.69 Å². The molecule has 14 nitrogen and oxygen atoms in total. The van der Waals surface area contributed by atoms with E-state index in [9.17, 15) is 34.8 Å². The van der Waals surface area contributed by atoms with E-state index in [1.807, 2.05) is 0 Å². The Morgan fingerprint density at radius 1 is 0.932 bits per heavy atom. The van der Waals surface area contributed by atoms with Crippen LogP contribution >= 0.6 is 11.6 Å². The maximum Gasteiger partial charge on any atom is 0.296 e. The number of carbonyl (C=O) groups excluding carboxylic acids is 1. The lowest BCUT2D eigenvalue weighted by atomic mass is 10.1. The minimum Gasteiger partial charge on any atom is -0.398 e. The van der Waals surface area contributed by atoms with Crippen LogP contribution in [0.4, 0.5) is 11.4 Å². The molecule has 0 aliphatic heterocycles. The number of nitrogens with one attached hydrogen (secondary N) is 2. The molecule has 1 aromatic heterocycles. The van der Waals surface area contributed by atoms with Crippen molar-refractivity contribution in [1.29, 1.82) is 0 Å². The lowest BCUT2D eigenvalue weighted by Crippen LogP contribution is -2.14. The smallest absolute Gasteiger partial charge is 0.296 e. The topological polar surface area (TPSA) is 236 Å². The monoisotopic (exact) mass is 686 g/mol. The van der Waals surface area contributed by atoms with Gasteiger partial charge in [-0.25, -0.2) is 13.1 Å². The Morgan fingerprint density at radius 2 is 1.59 bits per heavy atom. The van der Waals surface area contributed by atoms with E-state index < -0.39 is 40.9 Å². The number of aromatic nitrogens is 2. The van der Waals surface area contributed by atoms with Gasteiger partial charge >= 0.3 is 0 Å². The molecule has 6 N–H and O–H groups in total. The minimum atomic E-state index is -4.54. The van der Waals surface area contributed by atoms with Crippen LogP contribution < -0.4 is 16.6 Å². The summed E-state index contributed by atoms with van der Waals surface area (Å²) in [5, 5.41) is 5.28. The molecule has 0 radical (unpaired) electrons. The quantitative estimate of drug-likeness (QED) is 0.0974. The van der Waals surface area contributed by atoms with Crippen molar-refractivity contribution in [2.24, 2.45) is 0 Å². The minimum absolute atomic E-state index is 0.0181. The van der Waals surface area contributed by atoms with Gasteiger partial charge < -0.3 is 11.1 Å². The number of nitrogens with zero attached hydrogens (tertiary/aromatic N) is 1. The highest BCUT2D eigenvalue weighted by Crippen LogP contribution is 2.23. The number of carbonyl (C=O) groups is 1. The number of benzene rings is 3. The van der Waals surface area contributed by atoms with Crippen molar-refractivity contribution >= 4 is 59.0 Å². The van der Waals surface area contributed by atoms with Gasteiger partial charge in [0.05, 0.1) is 27.8 Å². The molecule has 236 valence electrons. The number of halogens is 1. The molecule has 0 saturated carbocycles. The molecule has 44 heavy (non-hydrogen) atoms. The second-order valence-electron chi connectivity index (χ2n) is 9.24. The number of amides is 1. The van der Waals surface area contributed by atoms with E-state index >= 15 is 0 Å². The molecule has 0 unspecified atom stereocenters. The van der Waals surface area contributed by atoms with E-state index in [-0.39, 0.29) is 44.8 Å². The molecule has 0 fully saturated rings. The number of sulfone groups is 1. The van der Waals surface area contributed by atoms with Gasteiger partial charge in [0.15, 0.2) is 9.84 Å². The van der Waals surface area contributed by atoms with Gasteiger partial charge in [-0.2, -0.15) is 16.8 Å². The first-order valence-corrected chi connectivity index (χ1v) is 17.5. The summed E-state index contributed by atoms with van der Waals surface area (Å²) in [6, 6.07) is 16.4. The van der Waals surface area contributed by atoms with Gasteiger partial charge in [0, 0.05) is 28.9 Å². The molecule has 0 bridgehead atoms. The number of aromatic amines is 1. The first kappa shape index (κ1) is 34.5. The van der Waals surface area contributed by atoms with Crippen LogP contribution in [-0.4, -0.2) is 61.7 Å². The highest BCUT2D eigenvalue weighted by molar-refractivity contribution is 7.90. The predicted molar refractivity (Wildman–Crippen MR) is 164 cm³/mol. The van der Waals surface area contributed by atoms with E-state index in [2.05, 4.69) is 10.4 Å². The number of aryl methyl sites for hydroxylation is 1. The standard InChI is InChI=1S/C16H17ClN2O6S2.C10H10N2O4S/c17-6-7-26(21,22)10-11-2-1-3-12(8-11)16(20)19-13-4-5-14(18)15(9-13)27(23,24)25;1-7-6-10(13)12(11-7)8-2-4-9(5-3-8)17(14,15)16/h1-5,8-9H,6-7,10,18H2,(H,19,20)(H,23,24,25);2-6,11H,1H3,(H,14,15,16). The number of nitrogen functional groups attached to an aromatic ring is 1. The molecule has 0 aliphatic rings. The number of hydrogen-bond donors (Lipinski definition) is 5. The molecule has 18 heteroatoms.